The fourth-order valence-corrected chi connectivity index (χ4v) is 4.03. The summed E-state index contributed by atoms with van der Waals surface area (Å²) >= 11 is 0. The van der Waals surface area contributed by atoms with Gasteiger partial charge in [0.25, 0.3) is 0 Å². The molecule has 0 aliphatic carbocycles. The van der Waals surface area contributed by atoms with Crippen LogP contribution < -0.4 is 0 Å². The Labute approximate surface area is 171 Å². The second-order valence-corrected chi connectivity index (χ2v) is 7.28. The third-order valence-corrected chi connectivity index (χ3v) is 5.39. The van der Waals surface area contributed by atoms with Crippen molar-refractivity contribution in [1.29, 1.82) is 0 Å². The van der Waals surface area contributed by atoms with E-state index in [4.69, 9.17) is 4.98 Å². The minimum atomic E-state index is 0.0773. The minimum Gasteiger partial charge on any atom is -0.323 e. The van der Waals surface area contributed by atoms with Crippen molar-refractivity contribution in [2.24, 2.45) is 0 Å². The first-order valence-electron chi connectivity index (χ1n) is 9.99. The van der Waals surface area contributed by atoms with E-state index in [1.165, 1.54) is 22.2 Å². The lowest BCUT2D eigenvalue weighted by molar-refractivity contribution is 0.723. The summed E-state index contributed by atoms with van der Waals surface area (Å²) < 4.78 is 2.37. The van der Waals surface area contributed by atoms with Gasteiger partial charge in [0.2, 0.25) is 0 Å². The topological polar surface area (TPSA) is 17.8 Å². The van der Waals surface area contributed by atoms with Gasteiger partial charge in [-0.2, -0.15) is 0 Å². The van der Waals surface area contributed by atoms with E-state index in [0.29, 0.717) is 0 Å². The van der Waals surface area contributed by atoms with Crippen LogP contribution in [0.3, 0.4) is 0 Å². The highest BCUT2D eigenvalue weighted by atomic mass is 15.1. The molecule has 2 nitrogen and oxygen atoms in total. The number of hydrogen-bond donors (Lipinski definition) is 0. The third-order valence-electron chi connectivity index (χ3n) is 5.39. The number of aromatic nitrogens is 2. The second-order valence-electron chi connectivity index (χ2n) is 7.28. The molecular formula is C27H22N2. The zero-order valence-corrected chi connectivity index (χ0v) is 16.1. The first-order valence-corrected chi connectivity index (χ1v) is 9.99. The summed E-state index contributed by atoms with van der Waals surface area (Å²) in [6.45, 7) is 0.798. The average Bonchev–Trinajstić information content (AvgIpc) is 3.14. The quantitative estimate of drug-likeness (QED) is 0.355. The minimum absolute atomic E-state index is 0.0773. The molecule has 0 unspecified atom stereocenters. The highest BCUT2D eigenvalue weighted by molar-refractivity contribution is 5.76. The van der Waals surface area contributed by atoms with Crippen molar-refractivity contribution in [3.05, 3.63) is 138 Å². The lowest BCUT2D eigenvalue weighted by Crippen LogP contribution is -2.12. The van der Waals surface area contributed by atoms with Crippen LogP contribution in [0.25, 0.3) is 11.0 Å². The summed E-state index contributed by atoms with van der Waals surface area (Å²) in [4.78, 5) is 5.12. The van der Waals surface area contributed by atoms with Crippen molar-refractivity contribution >= 4 is 11.0 Å². The fourth-order valence-electron chi connectivity index (χ4n) is 4.03. The van der Waals surface area contributed by atoms with Crippen molar-refractivity contribution in [1.82, 2.24) is 9.55 Å². The molecule has 0 radical (unpaired) electrons. The van der Waals surface area contributed by atoms with Crippen LogP contribution in [0.1, 0.15) is 28.4 Å². The van der Waals surface area contributed by atoms with E-state index >= 15 is 0 Å². The molecule has 0 amide bonds. The van der Waals surface area contributed by atoms with E-state index in [1.807, 2.05) is 0 Å². The Morgan fingerprint density at radius 2 is 1.10 bits per heavy atom. The standard InChI is InChI=1S/C27H22N2/c1-4-12-21(13-5-1)20-29-25-19-11-10-18-24(25)28-27(29)26(22-14-6-2-7-15-22)23-16-8-3-9-17-23/h1-19,26H,20H2. The van der Waals surface area contributed by atoms with Crippen molar-refractivity contribution in [3.63, 3.8) is 0 Å². The highest BCUT2D eigenvalue weighted by Gasteiger charge is 2.23. The van der Waals surface area contributed by atoms with Gasteiger partial charge in [0, 0.05) is 6.54 Å². The number of fused-ring (bicyclic) bond motifs is 1. The third kappa shape index (κ3) is 3.45. The number of para-hydroxylation sites is 2. The summed E-state index contributed by atoms with van der Waals surface area (Å²) in [5.41, 5.74) is 5.99. The van der Waals surface area contributed by atoms with Gasteiger partial charge in [0.15, 0.2) is 0 Å². The summed E-state index contributed by atoms with van der Waals surface area (Å²) in [6, 6.07) is 40.4. The van der Waals surface area contributed by atoms with Crippen molar-refractivity contribution < 1.29 is 0 Å². The largest absolute Gasteiger partial charge is 0.323 e. The van der Waals surface area contributed by atoms with Gasteiger partial charge in [-0.05, 0) is 28.8 Å². The molecule has 4 aromatic carbocycles. The zero-order valence-electron chi connectivity index (χ0n) is 16.1. The van der Waals surface area contributed by atoms with Crippen LogP contribution in [0.15, 0.2) is 115 Å². The first-order chi connectivity index (χ1) is 14.4. The molecule has 0 saturated carbocycles. The van der Waals surface area contributed by atoms with E-state index in [9.17, 15) is 0 Å². The molecule has 0 spiro atoms. The van der Waals surface area contributed by atoms with Crippen LogP contribution in [0.2, 0.25) is 0 Å². The summed E-state index contributed by atoms with van der Waals surface area (Å²) in [7, 11) is 0. The lowest BCUT2D eigenvalue weighted by Gasteiger charge is -2.20. The van der Waals surface area contributed by atoms with E-state index in [-0.39, 0.29) is 5.92 Å². The van der Waals surface area contributed by atoms with Gasteiger partial charge in [-0.15, -0.1) is 0 Å². The van der Waals surface area contributed by atoms with Gasteiger partial charge in [-0.1, -0.05) is 103 Å². The number of imidazole rings is 1. The average molecular weight is 374 g/mol. The second kappa shape index (κ2) is 7.76. The van der Waals surface area contributed by atoms with Crippen LogP contribution in [-0.2, 0) is 6.54 Å². The maximum atomic E-state index is 5.12. The van der Waals surface area contributed by atoms with Crippen molar-refractivity contribution in [2.75, 3.05) is 0 Å². The number of nitrogens with zero attached hydrogens (tertiary/aromatic N) is 2. The summed E-state index contributed by atoms with van der Waals surface area (Å²) in [5, 5.41) is 0. The molecular weight excluding hydrogens is 352 g/mol. The number of rotatable bonds is 5. The monoisotopic (exact) mass is 374 g/mol. The van der Waals surface area contributed by atoms with Crippen molar-refractivity contribution in [3.8, 4) is 0 Å². The van der Waals surface area contributed by atoms with Crippen molar-refractivity contribution in [2.45, 2.75) is 12.5 Å². The molecule has 2 heteroatoms. The maximum Gasteiger partial charge on any atom is 0.122 e. The summed E-state index contributed by atoms with van der Waals surface area (Å²) in [5.74, 6) is 1.15. The SMILES string of the molecule is c1ccc(Cn2c(C(c3ccccc3)c3ccccc3)nc3ccccc32)cc1. The van der Waals surface area contributed by atoms with Gasteiger partial charge < -0.3 is 4.57 Å². The molecule has 5 rings (SSSR count). The van der Waals surface area contributed by atoms with Gasteiger partial charge >= 0.3 is 0 Å². The molecule has 0 N–H and O–H groups in total. The molecule has 0 bridgehead atoms. The van der Waals surface area contributed by atoms with Crippen LogP contribution in [0.5, 0.6) is 0 Å². The summed E-state index contributed by atoms with van der Waals surface area (Å²) in [6.07, 6.45) is 0. The Morgan fingerprint density at radius 1 is 0.586 bits per heavy atom. The smallest absolute Gasteiger partial charge is 0.122 e. The lowest BCUT2D eigenvalue weighted by atomic mass is 9.90. The number of benzene rings is 4. The van der Waals surface area contributed by atoms with Gasteiger partial charge in [-0.3, -0.25) is 0 Å². The molecule has 140 valence electrons. The Kier molecular flexibility index (Phi) is 4.67. The predicted octanol–water partition coefficient (Wildman–Crippen LogP) is 6.26. The Morgan fingerprint density at radius 3 is 1.72 bits per heavy atom. The van der Waals surface area contributed by atoms with Crippen LogP contribution in [-0.4, -0.2) is 9.55 Å². The van der Waals surface area contributed by atoms with E-state index in [0.717, 1.165) is 17.9 Å². The normalized spacial score (nSPS) is 11.2. The van der Waals surface area contributed by atoms with Gasteiger partial charge in [0.05, 0.1) is 17.0 Å². The molecule has 0 aliphatic heterocycles. The molecule has 0 atom stereocenters. The van der Waals surface area contributed by atoms with Gasteiger partial charge in [0.1, 0.15) is 5.82 Å². The molecule has 1 aromatic heterocycles. The molecule has 1 heterocycles. The Balaban J connectivity index is 1.74. The van der Waals surface area contributed by atoms with E-state index in [2.05, 4.69) is 120 Å². The molecule has 0 fully saturated rings. The molecule has 5 aromatic rings. The Bertz CT molecular complexity index is 1170. The molecule has 0 aliphatic rings. The fraction of sp³-hybridized carbons (Fsp3) is 0.0741. The maximum absolute atomic E-state index is 5.12. The molecule has 0 saturated heterocycles. The predicted molar refractivity (Wildman–Crippen MR) is 119 cm³/mol. The van der Waals surface area contributed by atoms with Crippen LogP contribution in [0, 0.1) is 0 Å². The van der Waals surface area contributed by atoms with Gasteiger partial charge in [-0.25, -0.2) is 4.98 Å². The van der Waals surface area contributed by atoms with E-state index in [1.54, 1.807) is 0 Å². The Hall–Kier alpha value is -3.65. The first kappa shape index (κ1) is 17.4. The van der Waals surface area contributed by atoms with Crippen LogP contribution in [0.4, 0.5) is 0 Å². The zero-order chi connectivity index (χ0) is 19.5. The molecule has 29 heavy (non-hydrogen) atoms. The van der Waals surface area contributed by atoms with E-state index < -0.39 is 0 Å². The van der Waals surface area contributed by atoms with Crippen LogP contribution >= 0.6 is 0 Å². The highest BCUT2D eigenvalue weighted by Crippen LogP contribution is 2.33. The number of hydrogen-bond acceptors (Lipinski definition) is 1.